The molecule has 0 atom stereocenters. The summed E-state index contributed by atoms with van der Waals surface area (Å²) in [6.45, 7) is 8.07. The Balaban J connectivity index is 2.53. The van der Waals surface area contributed by atoms with Crippen LogP contribution >= 0.6 is 0 Å². The molecule has 0 fully saturated rings. The Labute approximate surface area is 108 Å². The fourth-order valence-corrected chi connectivity index (χ4v) is 2.47. The lowest BCUT2D eigenvalue weighted by molar-refractivity contribution is 0.103. The maximum absolute atomic E-state index is 12.6. The van der Waals surface area contributed by atoms with Crippen LogP contribution in [0.2, 0.25) is 0 Å². The standard InChI is InChI=1S/C17H18O/c1-11-6-5-7-15(10-11)17(18)16-13(3)8-12(2)9-14(16)4/h5-10H,1-4H3. The van der Waals surface area contributed by atoms with Crippen LogP contribution in [0.4, 0.5) is 0 Å². The molecule has 0 amide bonds. The molecule has 2 aromatic rings. The second-order valence-electron chi connectivity index (χ2n) is 4.97. The van der Waals surface area contributed by atoms with E-state index in [-0.39, 0.29) is 5.78 Å². The van der Waals surface area contributed by atoms with Crippen LogP contribution in [-0.2, 0) is 0 Å². The average Bonchev–Trinajstić information content (AvgIpc) is 2.27. The first kappa shape index (κ1) is 12.6. The zero-order chi connectivity index (χ0) is 13.3. The van der Waals surface area contributed by atoms with E-state index in [4.69, 9.17) is 0 Å². The van der Waals surface area contributed by atoms with Gasteiger partial charge in [0.05, 0.1) is 0 Å². The molecule has 0 aromatic heterocycles. The molecule has 0 aliphatic heterocycles. The summed E-state index contributed by atoms with van der Waals surface area (Å²) in [5, 5.41) is 0. The summed E-state index contributed by atoms with van der Waals surface area (Å²) < 4.78 is 0. The van der Waals surface area contributed by atoms with Crippen molar-refractivity contribution in [2.24, 2.45) is 0 Å². The van der Waals surface area contributed by atoms with Crippen molar-refractivity contribution in [2.45, 2.75) is 27.7 Å². The molecule has 0 spiro atoms. The number of hydrogen-bond acceptors (Lipinski definition) is 1. The topological polar surface area (TPSA) is 17.1 Å². The molecule has 0 saturated carbocycles. The molecule has 0 heterocycles. The van der Waals surface area contributed by atoms with Gasteiger partial charge in [-0.3, -0.25) is 4.79 Å². The first-order valence-electron chi connectivity index (χ1n) is 6.18. The number of aryl methyl sites for hydroxylation is 4. The second-order valence-corrected chi connectivity index (χ2v) is 4.97. The molecule has 0 radical (unpaired) electrons. The molecule has 0 saturated heterocycles. The lowest BCUT2D eigenvalue weighted by Crippen LogP contribution is -2.07. The molecule has 1 heteroatoms. The largest absolute Gasteiger partial charge is 0.289 e. The van der Waals surface area contributed by atoms with Gasteiger partial charge in [-0.25, -0.2) is 0 Å². The third-order valence-electron chi connectivity index (χ3n) is 3.18. The minimum Gasteiger partial charge on any atom is -0.289 e. The predicted molar refractivity (Wildman–Crippen MR) is 75.3 cm³/mol. The molecule has 0 aliphatic rings. The normalized spacial score (nSPS) is 10.4. The molecule has 2 aromatic carbocycles. The van der Waals surface area contributed by atoms with E-state index in [0.29, 0.717) is 0 Å². The van der Waals surface area contributed by atoms with Crippen LogP contribution in [0.25, 0.3) is 0 Å². The van der Waals surface area contributed by atoms with Gasteiger partial charge in [-0.15, -0.1) is 0 Å². The maximum Gasteiger partial charge on any atom is 0.193 e. The van der Waals surface area contributed by atoms with Gasteiger partial charge in [-0.05, 0) is 44.9 Å². The number of benzene rings is 2. The van der Waals surface area contributed by atoms with E-state index < -0.39 is 0 Å². The van der Waals surface area contributed by atoms with E-state index >= 15 is 0 Å². The van der Waals surface area contributed by atoms with Crippen LogP contribution in [0, 0.1) is 27.7 Å². The van der Waals surface area contributed by atoms with Gasteiger partial charge in [0, 0.05) is 11.1 Å². The summed E-state index contributed by atoms with van der Waals surface area (Å²) in [5.74, 6) is 0.119. The highest BCUT2D eigenvalue weighted by Crippen LogP contribution is 2.20. The van der Waals surface area contributed by atoms with Gasteiger partial charge >= 0.3 is 0 Å². The summed E-state index contributed by atoms with van der Waals surface area (Å²) in [7, 11) is 0. The third-order valence-corrected chi connectivity index (χ3v) is 3.18. The van der Waals surface area contributed by atoms with Crippen molar-refractivity contribution in [2.75, 3.05) is 0 Å². The minimum absolute atomic E-state index is 0.119. The van der Waals surface area contributed by atoms with Crippen molar-refractivity contribution in [1.29, 1.82) is 0 Å². The number of ketones is 1. The van der Waals surface area contributed by atoms with Gasteiger partial charge in [0.1, 0.15) is 0 Å². The molecule has 2 rings (SSSR count). The Hall–Kier alpha value is -1.89. The SMILES string of the molecule is Cc1cccc(C(=O)c2c(C)cc(C)cc2C)c1. The van der Waals surface area contributed by atoms with Gasteiger partial charge in [-0.2, -0.15) is 0 Å². The van der Waals surface area contributed by atoms with E-state index in [1.165, 1.54) is 5.56 Å². The van der Waals surface area contributed by atoms with Crippen molar-refractivity contribution in [3.8, 4) is 0 Å². The number of rotatable bonds is 2. The summed E-state index contributed by atoms with van der Waals surface area (Å²) in [4.78, 5) is 12.6. The van der Waals surface area contributed by atoms with Crippen molar-refractivity contribution in [1.82, 2.24) is 0 Å². The predicted octanol–water partition coefficient (Wildman–Crippen LogP) is 4.15. The minimum atomic E-state index is 0.119. The first-order chi connectivity index (χ1) is 8.49. The molecule has 0 N–H and O–H groups in total. The summed E-state index contributed by atoms with van der Waals surface area (Å²) in [5.41, 5.74) is 6.03. The summed E-state index contributed by atoms with van der Waals surface area (Å²) in [6.07, 6.45) is 0. The quantitative estimate of drug-likeness (QED) is 0.718. The van der Waals surface area contributed by atoms with Crippen molar-refractivity contribution < 1.29 is 4.79 Å². The Bertz CT molecular complexity index is 586. The Kier molecular flexibility index (Phi) is 3.33. The molecule has 0 bridgehead atoms. The second kappa shape index (κ2) is 4.77. The van der Waals surface area contributed by atoms with Crippen molar-refractivity contribution >= 4 is 5.78 Å². The van der Waals surface area contributed by atoms with Crippen LogP contribution in [0.1, 0.15) is 38.2 Å². The fraction of sp³-hybridized carbons (Fsp3) is 0.235. The van der Waals surface area contributed by atoms with Crippen LogP contribution in [0.15, 0.2) is 36.4 Å². The van der Waals surface area contributed by atoms with Crippen LogP contribution in [0.3, 0.4) is 0 Å². The molecular formula is C17H18O. The highest BCUT2D eigenvalue weighted by atomic mass is 16.1. The van der Waals surface area contributed by atoms with Gasteiger partial charge in [0.2, 0.25) is 0 Å². The van der Waals surface area contributed by atoms with Gasteiger partial charge in [0.15, 0.2) is 5.78 Å². The molecule has 0 aliphatic carbocycles. The highest BCUT2D eigenvalue weighted by Gasteiger charge is 2.14. The Morgan fingerprint density at radius 2 is 1.44 bits per heavy atom. The summed E-state index contributed by atoms with van der Waals surface area (Å²) >= 11 is 0. The van der Waals surface area contributed by atoms with Crippen LogP contribution < -0.4 is 0 Å². The molecular weight excluding hydrogens is 220 g/mol. The van der Waals surface area contributed by atoms with Crippen molar-refractivity contribution in [3.63, 3.8) is 0 Å². The molecule has 92 valence electrons. The average molecular weight is 238 g/mol. The number of hydrogen-bond donors (Lipinski definition) is 0. The molecule has 0 unspecified atom stereocenters. The zero-order valence-electron chi connectivity index (χ0n) is 11.4. The van der Waals surface area contributed by atoms with Crippen LogP contribution in [0.5, 0.6) is 0 Å². The van der Waals surface area contributed by atoms with E-state index in [2.05, 4.69) is 19.1 Å². The molecule has 18 heavy (non-hydrogen) atoms. The lowest BCUT2D eigenvalue weighted by Gasteiger charge is -2.10. The van der Waals surface area contributed by atoms with E-state index in [0.717, 1.165) is 27.8 Å². The zero-order valence-corrected chi connectivity index (χ0v) is 11.4. The van der Waals surface area contributed by atoms with E-state index in [9.17, 15) is 4.79 Å². The van der Waals surface area contributed by atoms with Crippen LogP contribution in [-0.4, -0.2) is 5.78 Å². The Morgan fingerprint density at radius 1 is 0.833 bits per heavy atom. The highest BCUT2D eigenvalue weighted by molar-refractivity contribution is 6.10. The lowest BCUT2D eigenvalue weighted by atomic mass is 9.93. The number of carbonyl (C=O) groups is 1. The first-order valence-corrected chi connectivity index (χ1v) is 6.18. The van der Waals surface area contributed by atoms with Gasteiger partial charge in [0.25, 0.3) is 0 Å². The van der Waals surface area contributed by atoms with E-state index in [1.54, 1.807) is 0 Å². The summed E-state index contributed by atoms with van der Waals surface area (Å²) in [6, 6.07) is 11.9. The maximum atomic E-state index is 12.6. The van der Waals surface area contributed by atoms with Gasteiger partial charge < -0.3 is 0 Å². The third kappa shape index (κ3) is 2.35. The smallest absolute Gasteiger partial charge is 0.193 e. The van der Waals surface area contributed by atoms with E-state index in [1.807, 2.05) is 45.0 Å². The monoisotopic (exact) mass is 238 g/mol. The molecule has 1 nitrogen and oxygen atoms in total. The van der Waals surface area contributed by atoms with Crippen molar-refractivity contribution in [3.05, 3.63) is 69.8 Å². The van der Waals surface area contributed by atoms with Gasteiger partial charge in [-0.1, -0.05) is 41.5 Å². The number of carbonyl (C=O) groups excluding carboxylic acids is 1. The fourth-order valence-electron chi connectivity index (χ4n) is 2.47. The Morgan fingerprint density at radius 3 is 2.00 bits per heavy atom.